The number of carbonyl (C=O) groups is 2. The second-order valence-corrected chi connectivity index (χ2v) is 10.2. The zero-order chi connectivity index (χ0) is 25.4. The Labute approximate surface area is 207 Å². The molecule has 9 nitrogen and oxygen atoms in total. The number of methoxy groups -OCH3 is 1. The molecule has 1 fully saturated rings. The van der Waals surface area contributed by atoms with Gasteiger partial charge in [0.2, 0.25) is 15.9 Å². The van der Waals surface area contributed by atoms with E-state index in [1.807, 2.05) is 30.3 Å². The molecule has 2 amide bonds. The molecule has 0 unspecified atom stereocenters. The average Bonchev–Trinajstić information content (AvgIpc) is 2.87. The number of aryl methyl sites for hydroxylation is 1. The van der Waals surface area contributed by atoms with Crippen LogP contribution in [0.15, 0.2) is 53.4 Å². The van der Waals surface area contributed by atoms with Crippen LogP contribution in [0.25, 0.3) is 0 Å². The zero-order valence-corrected chi connectivity index (χ0v) is 21.3. The second kappa shape index (κ2) is 12.0. The molecule has 190 valence electrons. The predicted octanol–water partition coefficient (Wildman–Crippen LogP) is 2.54. The zero-order valence-electron chi connectivity index (χ0n) is 20.5. The van der Waals surface area contributed by atoms with Crippen LogP contribution < -0.4 is 4.74 Å². The summed E-state index contributed by atoms with van der Waals surface area (Å²) in [7, 11) is -2.60. The van der Waals surface area contributed by atoms with Crippen LogP contribution in [0.5, 0.6) is 5.75 Å². The maximum absolute atomic E-state index is 13.7. The van der Waals surface area contributed by atoms with E-state index in [-0.39, 0.29) is 36.2 Å². The van der Waals surface area contributed by atoms with E-state index in [4.69, 9.17) is 9.47 Å². The molecule has 0 aliphatic carbocycles. The molecule has 0 saturated carbocycles. The van der Waals surface area contributed by atoms with Crippen molar-refractivity contribution in [1.82, 2.24) is 14.1 Å². The lowest BCUT2D eigenvalue weighted by Gasteiger charge is -2.35. The highest BCUT2D eigenvalue weighted by Gasteiger charge is 2.32. The first kappa shape index (κ1) is 26.5. The normalized spacial score (nSPS) is 14.2. The van der Waals surface area contributed by atoms with Crippen molar-refractivity contribution in [2.45, 2.75) is 25.2 Å². The van der Waals surface area contributed by atoms with Crippen molar-refractivity contribution in [1.29, 1.82) is 0 Å². The molecule has 0 aromatic heterocycles. The van der Waals surface area contributed by atoms with Crippen LogP contribution in [0.4, 0.5) is 4.79 Å². The van der Waals surface area contributed by atoms with E-state index in [9.17, 15) is 18.0 Å². The minimum absolute atomic E-state index is 0.0352. The Morgan fingerprint density at radius 1 is 1.00 bits per heavy atom. The van der Waals surface area contributed by atoms with Gasteiger partial charge in [0.25, 0.3) is 0 Å². The van der Waals surface area contributed by atoms with Crippen molar-refractivity contribution in [3.05, 3.63) is 59.7 Å². The van der Waals surface area contributed by atoms with Crippen LogP contribution in [0.2, 0.25) is 0 Å². The number of amides is 2. The molecule has 2 aromatic carbocycles. The third-order valence-corrected chi connectivity index (χ3v) is 7.77. The Bertz CT molecular complexity index is 1120. The molecule has 1 heterocycles. The van der Waals surface area contributed by atoms with Gasteiger partial charge in [-0.3, -0.25) is 4.79 Å². The Kier molecular flexibility index (Phi) is 9.11. The van der Waals surface area contributed by atoms with Gasteiger partial charge in [-0.25, -0.2) is 13.2 Å². The number of carbonyl (C=O) groups excluding carboxylic acids is 2. The maximum atomic E-state index is 13.7. The summed E-state index contributed by atoms with van der Waals surface area (Å²) in [4.78, 5) is 28.3. The molecule has 1 saturated heterocycles. The summed E-state index contributed by atoms with van der Waals surface area (Å²) >= 11 is 0. The summed E-state index contributed by atoms with van der Waals surface area (Å²) < 4.78 is 39.0. The number of hydrogen-bond acceptors (Lipinski definition) is 6. The summed E-state index contributed by atoms with van der Waals surface area (Å²) in [5.74, 6) is -0.0763. The lowest BCUT2D eigenvalue weighted by Crippen LogP contribution is -2.53. The van der Waals surface area contributed by atoms with Crippen LogP contribution in [0, 0.1) is 6.92 Å². The smallest absolute Gasteiger partial charge is 0.409 e. The topological polar surface area (TPSA) is 96.5 Å². The van der Waals surface area contributed by atoms with E-state index in [2.05, 4.69) is 0 Å². The van der Waals surface area contributed by atoms with E-state index in [1.165, 1.54) is 11.4 Å². The van der Waals surface area contributed by atoms with Gasteiger partial charge in [-0.2, -0.15) is 4.31 Å². The van der Waals surface area contributed by atoms with Crippen molar-refractivity contribution >= 4 is 22.0 Å². The van der Waals surface area contributed by atoms with Gasteiger partial charge in [-0.05, 0) is 43.5 Å². The minimum atomic E-state index is -4.03. The standard InChI is InChI=1S/C25H33N3O6S/c1-4-34-25(30)27-16-14-26(15-17-27)24(29)19-28(13-12-21-8-6-5-7-9-21)35(31,32)23-18-20(2)10-11-22(23)33-3/h5-11,18H,4,12-17,19H2,1-3H3. The van der Waals surface area contributed by atoms with Crippen molar-refractivity contribution in [3.8, 4) is 5.75 Å². The highest BCUT2D eigenvalue weighted by molar-refractivity contribution is 7.89. The molecule has 2 aromatic rings. The van der Waals surface area contributed by atoms with Crippen LogP contribution in [0.3, 0.4) is 0 Å². The number of nitrogens with zero attached hydrogens (tertiary/aromatic N) is 3. The second-order valence-electron chi connectivity index (χ2n) is 8.30. The first-order valence-corrected chi connectivity index (χ1v) is 13.1. The molecule has 35 heavy (non-hydrogen) atoms. The van der Waals surface area contributed by atoms with E-state index in [1.54, 1.807) is 41.8 Å². The Hall–Kier alpha value is -3.11. The molecule has 3 rings (SSSR count). The number of rotatable bonds is 9. The Morgan fingerprint density at radius 3 is 2.29 bits per heavy atom. The number of hydrogen-bond donors (Lipinski definition) is 0. The molecule has 0 atom stereocenters. The molecule has 0 spiro atoms. The highest BCUT2D eigenvalue weighted by Crippen LogP contribution is 2.28. The predicted molar refractivity (Wildman–Crippen MR) is 132 cm³/mol. The summed E-state index contributed by atoms with van der Waals surface area (Å²) in [6.45, 7) is 4.99. The molecule has 10 heteroatoms. The molecule has 1 aliphatic rings. The van der Waals surface area contributed by atoms with Gasteiger partial charge in [0.05, 0.1) is 20.3 Å². The SMILES string of the molecule is CCOC(=O)N1CCN(C(=O)CN(CCc2ccccc2)S(=O)(=O)c2cc(C)ccc2OC)CC1. The fourth-order valence-corrected chi connectivity index (χ4v) is 5.54. The van der Waals surface area contributed by atoms with E-state index in [0.717, 1.165) is 11.1 Å². The molecule has 0 N–H and O–H groups in total. The average molecular weight is 504 g/mol. The quantitative estimate of drug-likeness (QED) is 0.522. The minimum Gasteiger partial charge on any atom is -0.495 e. The molecule has 0 radical (unpaired) electrons. The molecular formula is C25H33N3O6S. The van der Waals surface area contributed by atoms with Crippen molar-refractivity contribution in [2.24, 2.45) is 0 Å². The van der Waals surface area contributed by atoms with E-state index in [0.29, 0.717) is 32.6 Å². The van der Waals surface area contributed by atoms with Gasteiger partial charge in [0.1, 0.15) is 10.6 Å². The summed E-state index contributed by atoms with van der Waals surface area (Å²) in [5.41, 5.74) is 1.74. The fourth-order valence-electron chi connectivity index (χ4n) is 3.91. The third kappa shape index (κ3) is 6.73. The lowest BCUT2D eigenvalue weighted by atomic mass is 10.1. The van der Waals surface area contributed by atoms with Gasteiger partial charge < -0.3 is 19.3 Å². The van der Waals surface area contributed by atoms with Crippen molar-refractivity contribution in [2.75, 3.05) is 53.0 Å². The van der Waals surface area contributed by atoms with E-state index >= 15 is 0 Å². The molecule has 1 aliphatic heterocycles. The molecular weight excluding hydrogens is 470 g/mol. The number of sulfonamides is 1. The number of ether oxygens (including phenoxy) is 2. The van der Waals surface area contributed by atoms with Gasteiger partial charge in [0.15, 0.2) is 0 Å². The van der Waals surface area contributed by atoms with E-state index < -0.39 is 16.1 Å². The van der Waals surface area contributed by atoms with Gasteiger partial charge in [-0.1, -0.05) is 36.4 Å². The number of benzene rings is 2. The fraction of sp³-hybridized carbons (Fsp3) is 0.440. The van der Waals surface area contributed by atoms with Gasteiger partial charge in [-0.15, -0.1) is 0 Å². The first-order valence-electron chi connectivity index (χ1n) is 11.6. The molecule has 0 bridgehead atoms. The van der Waals surface area contributed by atoms with Crippen molar-refractivity contribution in [3.63, 3.8) is 0 Å². The monoisotopic (exact) mass is 503 g/mol. The van der Waals surface area contributed by atoms with Gasteiger partial charge >= 0.3 is 6.09 Å². The number of piperazine rings is 1. The van der Waals surface area contributed by atoms with Crippen LogP contribution in [-0.2, 0) is 26.0 Å². The van der Waals surface area contributed by atoms with Crippen molar-refractivity contribution < 1.29 is 27.5 Å². The van der Waals surface area contributed by atoms with Crippen LogP contribution in [-0.4, -0.2) is 87.5 Å². The highest BCUT2D eigenvalue weighted by atomic mass is 32.2. The largest absolute Gasteiger partial charge is 0.495 e. The summed E-state index contributed by atoms with van der Waals surface area (Å²) in [5, 5.41) is 0. The third-order valence-electron chi connectivity index (χ3n) is 5.90. The summed E-state index contributed by atoms with van der Waals surface area (Å²) in [6, 6.07) is 14.5. The Balaban J connectivity index is 1.79. The van der Waals surface area contributed by atoms with Crippen LogP contribution >= 0.6 is 0 Å². The first-order chi connectivity index (χ1) is 16.8. The Morgan fingerprint density at radius 2 is 1.66 bits per heavy atom. The maximum Gasteiger partial charge on any atom is 0.409 e. The lowest BCUT2D eigenvalue weighted by molar-refractivity contribution is -0.133. The summed E-state index contributed by atoms with van der Waals surface area (Å²) in [6.07, 6.45) is 0.0520. The van der Waals surface area contributed by atoms with Gasteiger partial charge in [0, 0.05) is 32.7 Å². The van der Waals surface area contributed by atoms with Crippen LogP contribution in [0.1, 0.15) is 18.1 Å².